The van der Waals surface area contributed by atoms with E-state index >= 15 is 0 Å². The molecule has 3 rings (SSSR count). The molecule has 0 aliphatic rings. The number of benzene rings is 2. The quantitative estimate of drug-likeness (QED) is 0.284. The van der Waals surface area contributed by atoms with Gasteiger partial charge in [-0.3, -0.25) is 4.79 Å². The minimum atomic E-state index is -0.289. The summed E-state index contributed by atoms with van der Waals surface area (Å²) in [5, 5.41) is 22.8. The monoisotopic (exact) mass is 489 g/mol. The fourth-order valence-electron chi connectivity index (χ4n) is 2.60. The number of hydrazone groups is 1. The van der Waals surface area contributed by atoms with E-state index < -0.39 is 0 Å². The second-order valence-electron chi connectivity index (χ2n) is 6.06. The van der Waals surface area contributed by atoms with Crippen LogP contribution >= 0.6 is 27.7 Å². The molecule has 2 aromatic carbocycles. The number of carbonyl (C=O) groups is 1. The standard InChI is InChI=1S/C20H20BrN5O3S/c1-3-26-19(13-4-7-16(29-2)8-5-13)24-25-20(26)30-12-18(28)23-22-11-14-10-15(21)6-9-17(14)27/h4-11,27H,3,12H2,1-2H3,(H,23,28). The van der Waals surface area contributed by atoms with Gasteiger partial charge >= 0.3 is 0 Å². The molecule has 8 nitrogen and oxygen atoms in total. The van der Waals surface area contributed by atoms with Crippen molar-refractivity contribution in [1.82, 2.24) is 20.2 Å². The van der Waals surface area contributed by atoms with Crippen LogP contribution in [0.3, 0.4) is 0 Å². The van der Waals surface area contributed by atoms with Crippen LogP contribution in [0.5, 0.6) is 11.5 Å². The van der Waals surface area contributed by atoms with Gasteiger partial charge in [0.2, 0.25) is 0 Å². The molecule has 3 aromatic rings. The van der Waals surface area contributed by atoms with E-state index in [1.165, 1.54) is 18.0 Å². The Kier molecular flexibility index (Phi) is 7.47. The Morgan fingerprint density at radius 1 is 1.30 bits per heavy atom. The predicted molar refractivity (Wildman–Crippen MR) is 120 cm³/mol. The third kappa shape index (κ3) is 5.39. The molecule has 0 unspecified atom stereocenters. The topological polar surface area (TPSA) is 102 Å². The maximum atomic E-state index is 12.1. The molecule has 0 saturated heterocycles. The lowest BCUT2D eigenvalue weighted by atomic mass is 10.2. The zero-order valence-corrected chi connectivity index (χ0v) is 18.8. The molecule has 1 heterocycles. The average Bonchev–Trinajstić information content (AvgIpc) is 3.17. The van der Waals surface area contributed by atoms with Gasteiger partial charge in [-0.05, 0) is 49.4 Å². The predicted octanol–water partition coefficient (Wildman–Crippen LogP) is 3.68. The van der Waals surface area contributed by atoms with E-state index in [1.807, 2.05) is 35.8 Å². The van der Waals surface area contributed by atoms with E-state index in [0.29, 0.717) is 17.3 Å². The Bertz CT molecular complexity index is 1050. The smallest absolute Gasteiger partial charge is 0.250 e. The molecular formula is C20H20BrN5O3S. The minimum Gasteiger partial charge on any atom is -0.507 e. The van der Waals surface area contributed by atoms with Gasteiger partial charge in [0.15, 0.2) is 11.0 Å². The molecule has 30 heavy (non-hydrogen) atoms. The summed E-state index contributed by atoms with van der Waals surface area (Å²) in [6.45, 7) is 2.66. The van der Waals surface area contributed by atoms with Gasteiger partial charge in [-0.15, -0.1) is 10.2 Å². The van der Waals surface area contributed by atoms with Crippen LogP contribution in [0.4, 0.5) is 0 Å². The van der Waals surface area contributed by atoms with E-state index in [4.69, 9.17) is 4.74 Å². The summed E-state index contributed by atoms with van der Waals surface area (Å²) >= 11 is 4.60. The molecule has 0 spiro atoms. The third-order valence-corrected chi connectivity index (χ3v) is 5.56. The molecule has 0 bridgehead atoms. The van der Waals surface area contributed by atoms with Crippen LogP contribution in [0.1, 0.15) is 12.5 Å². The van der Waals surface area contributed by atoms with Crippen molar-refractivity contribution in [2.75, 3.05) is 12.9 Å². The second kappa shape index (κ2) is 10.3. The summed E-state index contributed by atoms with van der Waals surface area (Å²) in [7, 11) is 1.62. The number of methoxy groups -OCH3 is 1. The van der Waals surface area contributed by atoms with E-state index in [9.17, 15) is 9.90 Å². The van der Waals surface area contributed by atoms with Gasteiger partial charge in [-0.25, -0.2) is 5.43 Å². The third-order valence-electron chi connectivity index (χ3n) is 4.10. The summed E-state index contributed by atoms with van der Waals surface area (Å²) in [5.41, 5.74) is 3.86. The molecular weight excluding hydrogens is 470 g/mol. The summed E-state index contributed by atoms with van der Waals surface area (Å²) in [4.78, 5) is 12.1. The molecule has 0 aliphatic carbocycles. The fourth-order valence-corrected chi connectivity index (χ4v) is 3.77. The van der Waals surface area contributed by atoms with Crippen LogP contribution < -0.4 is 10.2 Å². The number of thioether (sulfide) groups is 1. The highest BCUT2D eigenvalue weighted by Crippen LogP contribution is 2.25. The van der Waals surface area contributed by atoms with E-state index in [0.717, 1.165) is 21.6 Å². The van der Waals surface area contributed by atoms with Gasteiger partial charge in [0.1, 0.15) is 11.5 Å². The fraction of sp³-hybridized carbons (Fsp3) is 0.200. The van der Waals surface area contributed by atoms with Gasteiger partial charge in [-0.1, -0.05) is 27.7 Å². The SMILES string of the molecule is CCn1c(SCC(=O)NN=Cc2cc(Br)ccc2O)nnc1-c1ccc(OC)cc1. The van der Waals surface area contributed by atoms with Crippen LogP contribution in [0.25, 0.3) is 11.4 Å². The maximum absolute atomic E-state index is 12.1. The van der Waals surface area contributed by atoms with Crippen LogP contribution in [-0.2, 0) is 11.3 Å². The Balaban J connectivity index is 1.61. The first-order valence-corrected chi connectivity index (χ1v) is 10.8. The highest BCUT2D eigenvalue weighted by Gasteiger charge is 2.14. The number of rotatable bonds is 8. The number of phenols is 1. The van der Waals surface area contributed by atoms with Crippen molar-refractivity contribution in [2.24, 2.45) is 5.10 Å². The van der Waals surface area contributed by atoms with E-state index in [1.54, 1.807) is 25.3 Å². The number of hydrogen-bond acceptors (Lipinski definition) is 7. The average molecular weight is 490 g/mol. The van der Waals surface area contributed by atoms with Gasteiger partial charge in [0.05, 0.1) is 19.1 Å². The lowest BCUT2D eigenvalue weighted by molar-refractivity contribution is -0.118. The summed E-state index contributed by atoms with van der Waals surface area (Å²) in [6, 6.07) is 12.5. The number of phenolic OH excluding ortho intramolecular Hbond substituents is 1. The van der Waals surface area contributed by atoms with Crippen molar-refractivity contribution >= 4 is 39.8 Å². The lowest BCUT2D eigenvalue weighted by Crippen LogP contribution is -2.20. The highest BCUT2D eigenvalue weighted by molar-refractivity contribution is 9.10. The van der Waals surface area contributed by atoms with Crippen molar-refractivity contribution in [1.29, 1.82) is 0 Å². The Morgan fingerprint density at radius 3 is 2.77 bits per heavy atom. The van der Waals surface area contributed by atoms with E-state index in [2.05, 4.69) is 36.7 Å². The summed E-state index contributed by atoms with van der Waals surface area (Å²) in [5.74, 6) is 1.41. The van der Waals surface area contributed by atoms with Crippen LogP contribution in [0.15, 0.2) is 57.2 Å². The summed E-state index contributed by atoms with van der Waals surface area (Å²) in [6.07, 6.45) is 1.39. The largest absolute Gasteiger partial charge is 0.507 e. The first kappa shape index (κ1) is 21.8. The normalized spacial score (nSPS) is 11.0. The van der Waals surface area contributed by atoms with Crippen molar-refractivity contribution in [3.05, 3.63) is 52.5 Å². The molecule has 0 atom stereocenters. The Labute approximate surface area is 186 Å². The van der Waals surface area contributed by atoms with E-state index in [-0.39, 0.29) is 17.4 Å². The number of nitrogens with zero attached hydrogens (tertiary/aromatic N) is 4. The Hall–Kier alpha value is -2.85. The van der Waals surface area contributed by atoms with Crippen molar-refractivity contribution < 1.29 is 14.6 Å². The van der Waals surface area contributed by atoms with Crippen LogP contribution in [-0.4, -0.2) is 44.9 Å². The number of ether oxygens (including phenoxy) is 1. The molecule has 156 valence electrons. The zero-order chi connectivity index (χ0) is 21.5. The van der Waals surface area contributed by atoms with Crippen molar-refractivity contribution in [3.8, 4) is 22.9 Å². The second-order valence-corrected chi connectivity index (χ2v) is 7.92. The van der Waals surface area contributed by atoms with Crippen molar-refractivity contribution in [2.45, 2.75) is 18.6 Å². The molecule has 10 heteroatoms. The van der Waals surface area contributed by atoms with Gasteiger partial charge in [-0.2, -0.15) is 5.10 Å². The maximum Gasteiger partial charge on any atom is 0.250 e. The molecule has 2 N–H and O–H groups in total. The number of nitrogens with one attached hydrogen (secondary N) is 1. The molecule has 0 fully saturated rings. The molecule has 1 aromatic heterocycles. The first-order valence-electron chi connectivity index (χ1n) is 9.02. The molecule has 0 aliphatic heterocycles. The number of hydrogen-bond donors (Lipinski definition) is 2. The number of amides is 1. The minimum absolute atomic E-state index is 0.0766. The van der Waals surface area contributed by atoms with Gasteiger partial charge < -0.3 is 14.4 Å². The van der Waals surface area contributed by atoms with Crippen LogP contribution in [0.2, 0.25) is 0 Å². The number of aromatic hydroxyl groups is 1. The summed E-state index contributed by atoms with van der Waals surface area (Å²) < 4.78 is 7.93. The first-order chi connectivity index (χ1) is 14.5. The number of carbonyl (C=O) groups excluding carboxylic acids is 1. The van der Waals surface area contributed by atoms with Gasteiger partial charge in [0.25, 0.3) is 5.91 Å². The molecule has 1 amide bonds. The van der Waals surface area contributed by atoms with Gasteiger partial charge in [0, 0.05) is 22.1 Å². The number of halogens is 1. The lowest BCUT2D eigenvalue weighted by Gasteiger charge is -2.07. The van der Waals surface area contributed by atoms with Crippen molar-refractivity contribution in [3.63, 3.8) is 0 Å². The zero-order valence-electron chi connectivity index (χ0n) is 16.4. The highest BCUT2D eigenvalue weighted by atomic mass is 79.9. The molecule has 0 saturated carbocycles. The number of aromatic nitrogens is 3. The Morgan fingerprint density at radius 2 is 2.07 bits per heavy atom. The van der Waals surface area contributed by atoms with Crippen LogP contribution in [0, 0.1) is 0 Å². The molecule has 0 radical (unpaired) electrons.